The number of alkyl halides is 5. The molecule has 29 atom stereocenters. The summed E-state index contributed by atoms with van der Waals surface area (Å²) < 4.78 is 131. The van der Waals surface area contributed by atoms with Crippen molar-refractivity contribution < 1.29 is 97.4 Å². The largest absolute Gasteiger partial charge is 0.491 e. The summed E-state index contributed by atoms with van der Waals surface area (Å²) in [5.41, 5.74) is 2.02. The van der Waals surface area contributed by atoms with Gasteiger partial charge in [-0.3, -0.25) is 24.0 Å². The van der Waals surface area contributed by atoms with Crippen molar-refractivity contribution in [1.29, 1.82) is 0 Å². The molecule has 145 heavy (non-hydrogen) atoms. The van der Waals surface area contributed by atoms with Crippen molar-refractivity contribution in [3.05, 3.63) is 248 Å². The van der Waals surface area contributed by atoms with Crippen LogP contribution in [-0.2, 0) is 73.8 Å². The van der Waals surface area contributed by atoms with Crippen LogP contribution >= 0.6 is 52.3 Å². The van der Waals surface area contributed by atoms with E-state index in [1.54, 1.807) is 30.3 Å². The number of halogens is 5. The zero-order valence-corrected chi connectivity index (χ0v) is 92.8. The van der Waals surface area contributed by atoms with Crippen LogP contribution in [0.25, 0.3) is 0 Å². The van der Waals surface area contributed by atoms with Gasteiger partial charge >= 0.3 is 36.0 Å². The van der Waals surface area contributed by atoms with Crippen molar-refractivity contribution in [2.24, 2.45) is 88.8 Å². The molecule has 0 amide bonds. The summed E-state index contributed by atoms with van der Waals surface area (Å²) in [6, 6.07) is 33.9. The summed E-state index contributed by atoms with van der Waals surface area (Å²) in [6.07, 6.45) is 65.5. The Morgan fingerprint density at radius 3 is 1.17 bits per heavy atom. The highest BCUT2D eigenvalue weighted by atomic mass is 32.0. The van der Waals surface area contributed by atoms with Crippen LogP contribution < -0.4 is 14.2 Å². The van der Waals surface area contributed by atoms with Crippen LogP contribution in [0.5, 0.6) is 17.2 Å². The van der Waals surface area contributed by atoms with Gasteiger partial charge in [0.1, 0.15) is 73.2 Å². The molecule has 16 nitrogen and oxygen atoms in total. The maximum atomic E-state index is 14.3. The topological polar surface area (TPSA) is 187 Å². The molecule has 4 aromatic rings. The second kappa shape index (κ2) is 66.1. The SMILES string of the molecule is C=C(CCCCCCC)CC[C@@H]1C2C/C=C\CCCC(=O)O[C@H]2C[C@H]1C.C[C@@H]1C[C@@H]2OC(=O)CCC/C=C\CC2[C@H]1/C=C/C(F)(F)COc1ccccc1.C[C@@H]1C[C@@H]2OC(=O)CCC/C=C\CC2[C@H]1/C=C/[C@H](CCc1ccccc1)OPP.C[C@@H]1C[C@@H]2OC(=O)CCC/C=C\CC2[C@H]1/C=C/[C@H](COc1cccc(C(F)(F)F)c1)OPP.C[C@@H]1C[C@@H]2OC(=O)CCC/C=C\CC2[C@H]1/C=C/[C@H](COc1ccccc1)OPP. The number of carbonyl (C=O) groups excluding carboxylic acids is 5. The highest BCUT2D eigenvalue weighted by Gasteiger charge is 2.47. The lowest BCUT2D eigenvalue weighted by Crippen LogP contribution is -2.26. The van der Waals surface area contributed by atoms with Crippen molar-refractivity contribution in [3.8, 4) is 17.2 Å². The van der Waals surface area contributed by atoms with E-state index in [-0.39, 0.29) is 123 Å². The molecule has 798 valence electrons. The summed E-state index contributed by atoms with van der Waals surface area (Å²) in [4.78, 5) is 60.5. The van der Waals surface area contributed by atoms with Crippen LogP contribution in [0.2, 0.25) is 0 Å². The summed E-state index contributed by atoms with van der Waals surface area (Å²) in [7, 11) is 8.68. The van der Waals surface area contributed by atoms with E-state index in [9.17, 15) is 45.9 Å². The molecule has 0 saturated heterocycles. The van der Waals surface area contributed by atoms with Crippen LogP contribution in [0.1, 0.15) is 271 Å². The quantitative estimate of drug-likeness (QED) is 0.0106. The second-order valence-electron chi connectivity index (χ2n) is 41.1. The Bertz CT molecular complexity index is 4630. The Labute approximate surface area is 875 Å². The van der Waals surface area contributed by atoms with Crippen LogP contribution in [0.3, 0.4) is 0 Å². The first kappa shape index (κ1) is 120. The fourth-order valence-electron chi connectivity index (χ4n) is 22.3. The second-order valence-corrected chi connectivity index (χ2v) is 44.7. The molecular formula is C118H165F5O16P6. The Balaban J connectivity index is 0.000000186. The van der Waals surface area contributed by atoms with Crippen molar-refractivity contribution in [3.63, 3.8) is 0 Å². The molecule has 5 aliphatic heterocycles. The first-order chi connectivity index (χ1) is 70.2. The van der Waals surface area contributed by atoms with Gasteiger partial charge in [0.05, 0.1) is 11.7 Å². The minimum absolute atomic E-state index is 0.0124. The molecule has 10 aliphatic rings. The molecule has 4 aromatic carbocycles. The Morgan fingerprint density at radius 1 is 0.414 bits per heavy atom. The van der Waals surface area contributed by atoms with E-state index < -0.39 is 30.4 Å². The van der Waals surface area contributed by atoms with Crippen LogP contribution in [0.15, 0.2) is 237 Å². The van der Waals surface area contributed by atoms with Gasteiger partial charge in [0.25, 0.3) is 5.92 Å². The molecule has 14 rings (SSSR count). The molecule has 0 spiro atoms. The molecule has 5 fully saturated rings. The number of rotatable bonds is 35. The summed E-state index contributed by atoms with van der Waals surface area (Å²) in [5, 5.41) is 0. The zero-order chi connectivity index (χ0) is 104. The third-order valence-corrected chi connectivity index (χ3v) is 32.7. The highest BCUT2D eigenvalue weighted by Crippen LogP contribution is 2.50. The average molecular weight is 2120 g/mol. The summed E-state index contributed by atoms with van der Waals surface area (Å²) in [5.74, 6) is 3.17. The minimum Gasteiger partial charge on any atom is -0.491 e. The van der Waals surface area contributed by atoms with Gasteiger partial charge in [0.2, 0.25) is 0 Å². The number of unbranched alkanes of at least 4 members (excludes halogenated alkanes) is 4. The first-order valence-electron chi connectivity index (χ1n) is 53.7. The minimum atomic E-state index is -4.42. The first-order valence-corrected chi connectivity index (χ1v) is 61.9. The number of fused-ring (bicyclic) bond motifs is 5. The van der Waals surface area contributed by atoms with Gasteiger partial charge in [-0.1, -0.05) is 282 Å². The number of hydrogen-bond donors (Lipinski definition) is 0. The smallest absolute Gasteiger partial charge is 0.416 e. The monoisotopic (exact) mass is 2120 g/mol. The lowest BCUT2D eigenvalue weighted by atomic mass is 9.82. The summed E-state index contributed by atoms with van der Waals surface area (Å²) in [6.45, 7) is 17.6. The van der Waals surface area contributed by atoms with Gasteiger partial charge < -0.3 is 51.5 Å². The zero-order valence-electron chi connectivity index (χ0n) is 86.4. The fourth-order valence-corrected chi connectivity index (χ4v) is 24.9. The van der Waals surface area contributed by atoms with Gasteiger partial charge in [-0.25, -0.2) is 0 Å². The number of carbonyl (C=O) groups is 5. The van der Waals surface area contributed by atoms with Crippen molar-refractivity contribution in [2.75, 3.05) is 19.8 Å². The third-order valence-electron chi connectivity index (χ3n) is 30.1. The maximum Gasteiger partial charge on any atom is 0.416 e. The van der Waals surface area contributed by atoms with E-state index >= 15 is 0 Å². The Hall–Kier alpha value is -6.86. The number of esters is 5. The molecule has 0 N–H and O–H groups in total. The van der Waals surface area contributed by atoms with E-state index in [1.165, 1.54) is 68.2 Å². The molecule has 0 bridgehead atoms. The fraction of sp³-hybridized carbons (Fsp3) is 0.585. The molecule has 11 unspecified atom stereocenters. The molecule has 5 saturated carbocycles. The van der Waals surface area contributed by atoms with E-state index in [2.05, 4.69) is 189 Å². The number of hydrogen-bond acceptors (Lipinski definition) is 16. The lowest BCUT2D eigenvalue weighted by molar-refractivity contribution is -0.152. The predicted molar refractivity (Wildman–Crippen MR) is 589 cm³/mol. The standard InChI is InChI=1S/C24H31F3O4P2.C24H34O3P2.C24H40O2.C23H28F2O3.C23H32O4P2/c1-16-13-22-21(9-4-2-3-5-10-23(28)30-22)20(16)12-11-19(31-33-32)15-29-18-8-6-7-17(14-18)24(25,26)27;1-18-17-23-22(11-7-2-3-8-12-24(25)26-23)21(18)16-15-20(27-29-28)14-13-19-9-5-4-6-10-19;1-4-5-6-7-10-13-19(2)16-17-21-20(3)18-23-22(21)14-11-8-9-12-15-24(25)26-23;1-17-15-21-20(11-7-2-3-8-12-22(26)28-21)19(17)13-14-23(24,25)16-27-18-9-5-4-6-10-18;1-17-15-22-21(11-7-2-3-8-12-23(24)26-22)20(17)14-13-19(27-29-28)16-25-18-9-5-4-6-10-18/h2,4,6-8,11-12,14,16,19-22,33H,3,5,9-10,13,15,32H2,1H3;2,4-7,9-10,15-16,18,20-23,29H,3,8,11-14,17,28H2,1H3;8,11,20-23H,2,4-7,9-10,12-18H2,1,3H3;2,4-7,9-10,13-14,17,19-21H,3,8,11-12,15-16H2,1H3;2,4-7,9-10,13-14,17,19-22,29H,3,8,11-12,15-16,28H2,1H3/b4-2-,12-11+;7-2-,16-15+;11-8-;2*7-2-,14-13+/t16-,19-,20+,21?,22+;18-,20+,21+,22?,23+;20-,21+,22?,23+;17-,19+,20?,21+;17-,19-,20+,21?,22+/m11111/s1. The van der Waals surface area contributed by atoms with Gasteiger partial charge in [0, 0.05) is 87.2 Å². The van der Waals surface area contributed by atoms with Crippen LogP contribution in [0, 0.1) is 88.8 Å². The molecular weight excluding hydrogens is 1950 g/mol. The van der Waals surface area contributed by atoms with Crippen molar-refractivity contribution in [1.82, 2.24) is 0 Å². The van der Waals surface area contributed by atoms with Crippen LogP contribution in [-0.4, -0.2) is 104 Å². The number of benzene rings is 4. The lowest BCUT2D eigenvalue weighted by Gasteiger charge is -2.26. The number of ether oxygens (including phenoxy) is 8. The normalized spacial score (nSPS) is 29.8. The van der Waals surface area contributed by atoms with Gasteiger partial charge in [0.15, 0.2) is 6.61 Å². The van der Waals surface area contributed by atoms with Gasteiger partial charge in [-0.05, 0) is 280 Å². The molecule has 27 heteroatoms. The number of allylic oxidation sites excluding steroid dienone is 15. The molecule has 0 radical (unpaired) electrons. The van der Waals surface area contributed by atoms with E-state index in [1.807, 2.05) is 49.4 Å². The molecule has 5 aliphatic carbocycles. The Morgan fingerprint density at radius 2 is 0.766 bits per heavy atom. The third kappa shape index (κ3) is 43.1. The number of para-hydroxylation sites is 2. The van der Waals surface area contributed by atoms with E-state index in [4.69, 9.17) is 51.5 Å². The molecule has 0 aromatic heterocycles. The maximum absolute atomic E-state index is 14.3. The predicted octanol–water partition coefficient (Wildman–Crippen LogP) is 31.3. The Kier molecular flexibility index (Phi) is 54.7. The summed E-state index contributed by atoms with van der Waals surface area (Å²) >= 11 is 0. The van der Waals surface area contributed by atoms with Gasteiger partial charge in [-0.15, -0.1) is 0 Å². The van der Waals surface area contributed by atoms with Gasteiger partial charge in [-0.2, -0.15) is 22.0 Å². The molecule has 5 heterocycles. The van der Waals surface area contributed by atoms with Crippen LogP contribution in [0.4, 0.5) is 22.0 Å². The average Bonchev–Trinajstić information content (AvgIpc) is 1.68. The highest BCUT2D eigenvalue weighted by molar-refractivity contribution is 8.00. The van der Waals surface area contributed by atoms with E-state index in [0.717, 1.165) is 165 Å². The van der Waals surface area contributed by atoms with E-state index in [0.29, 0.717) is 127 Å². The van der Waals surface area contributed by atoms with Crippen molar-refractivity contribution >= 4 is 82.1 Å². The van der Waals surface area contributed by atoms with Crippen molar-refractivity contribution in [2.45, 2.75) is 327 Å². The number of aryl methyl sites for hydroxylation is 1.